The van der Waals surface area contributed by atoms with Crippen molar-refractivity contribution in [1.29, 1.82) is 0 Å². The van der Waals surface area contributed by atoms with Gasteiger partial charge in [0.15, 0.2) is 0 Å². The lowest BCUT2D eigenvalue weighted by atomic mass is 10.1. The minimum absolute atomic E-state index is 0.0329. The second-order valence-electron chi connectivity index (χ2n) is 4.87. The topological polar surface area (TPSA) is 66.5 Å². The zero-order valence-corrected chi connectivity index (χ0v) is 13.7. The van der Waals surface area contributed by atoms with Crippen LogP contribution in [0.25, 0.3) is 0 Å². The van der Waals surface area contributed by atoms with Gasteiger partial charge in [-0.1, -0.05) is 12.1 Å². The summed E-state index contributed by atoms with van der Waals surface area (Å²) in [5.41, 5.74) is -1.45. The van der Waals surface area contributed by atoms with Crippen LogP contribution in [0.1, 0.15) is 29.3 Å². The Morgan fingerprint density at radius 2 is 1.87 bits per heavy atom. The fourth-order valence-electron chi connectivity index (χ4n) is 1.89. The molecule has 0 radical (unpaired) electrons. The lowest BCUT2D eigenvalue weighted by Gasteiger charge is -2.16. The van der Waals surface area contributed by atoms with Crippen molar-refractivity contribution in [1.82, 2.24) is 9.62 Å². The van der Waals surface area contributed by atoms with Crippen LogP contribution >= 0.6 is 0 Å². The molecule has 0 spiro atoms. The average molecular weight is 352 g/mol. The van der Waals surface area contributed by atoms with Crippen LogP contribution in [0.3, 0.4) is 0 Å². The second-order valence-corrected chi connectivity index (χ2v) is 7.24. The number of alkyl halides is 3. The molecule has 0 unspecified atom stereocenters. The van der Waals surface area contributed by atoms with Crippen LogP contribution in [-0.4, -0.2) is 44.5 Å². The van der Waals surface area contributed by atoms with Gasteiger partial charge in [0, 0.05) is 20.1 Å². The van der Waals surface area contributed by atoms with E-state index in [1.807, 2.05) is 0 Å². The van der Waals surface area contributed by atoms with Crippen LogP contribution in [0, 0.1) is 0 Å². The van der Waals surface area contributed by atoms with E-state index in [0.717, 1.165) is 16.4 Å². The van der Waals surface area contributed by atoms with Gasteiger partial charge in [-0.2, -0.15) is 13.2 Å². The summed E-state index contributed by atoms with van der Waals surface area (Å²) >= 11 is 0. The lowest BCUT2D eigenvalue weighted by molar-refractivity contribution is -0.137. The summed E-state index contributed by atoms with van der Waals surface area (Å²) in [5, 5.41) is 2.38. The number of amides is 1. The number of nitrogens with zero attached hydrogens (tertiary/aromatic N) is 1. The van der Waals surface area contributed by atoms with Gasteiger partial charge in [0.25, 0.3) is 5.91 Å². The molecule has 0 aromatic heterocycles. The number of carbonyl (C=O) groups excluding carboxylic acids is 1. The number of nitrogens with one attached hydrogen (secondary N) is 1. The molecule has 23 heavy (non-hydrogen) atoms. The molecular formula is C14H19F3N2O3S. The minimum Gasteiger partial charge on any atom is -0.352 e. The Labute approximate surface area is 133 Å². The van der Waals surface area contributed by atoms with Crippen LogP contribution in [0.15, 0.2) is 24.3 Å². The van der Waals surface area contributed by atoms with Gasteiger partial charge >= 0.3 is 6.18 Å². The molecule has 0 heterocycles. The van der Waals surface area contributed by atoms with Crippen LogP contribution in [0.2, 0.25) is 0 Å². The highest BCUT2D eigenvalue weighted by Crippen LogP contribution is 2.31. The monoisotopic (exact) mass is 352 g/mol. The standard InChI is InChI=1S/C14H19F3N2O3S/c1-3-23(21,22)19(2)10-6-9-18-13(20)11-7-4-5-8-12(11)14(15,16)17/h4-5,7-8H,3,6,9-10H2,1-2H3,(H,18,20). The Morgan fingerprint density at radius 1 is 1.26 bits per heavy atom. The lowest BCUT2D eigenvalue weighted by Crippen LogP contribution is -2.33. The van der Waals surface area contributed by atoms with E-state index < -0.39 is 33.2 Å². The van der Waals surface area contributed by atoms with Crippen molar-refractivity contribution in [2.75, 3.05) is 25.9 Å². The van der Waals surface area contributed by atoms with E-state index >= 15 is 0 Å². The fraction of sp³-hybridized carbons (Fsp3) is 0.500. The van der Waals surface area contributed by atoms with Gasteiger partial charge in [-0.15, -0.1) is 0 Å². The molecular weight excluding hydrogens is 333 g/mol. The summed E-state index contributed by atoms with van der Waals surface area (Å²) in [6, 6.07) is 4.51. The predicted molar refractivity (Wildman–Crippen MR) is 80.5 cm³/mol. The predicted octanol–water partition coefficient (Wildman–Crippen LogP) is 2.11. The van der Waals surface area contributed by atoms with Crippen LogP contribution in [0.5, 0.6) is 0 Å². The van der Waals surface area contributed by atoms with E-state index in [9.17, 15) is 26.4 Å². The number of hydrogen-bond acceptors (Lipinski definition) is 3. The first-order valence-electron chi connectivity index (χ1n) is 6.98. The van der Waals surface area contributed by atoms with Crippen molar-refractivity contribution >= 4 is 15.9 Å². The third-order valence-electron chi connectivity index (χ3n) is 3.25. The minimum atomic E-state index is -4.61. The summed E-state index contributed by atoms with van der Waals surface area (Å²) in [6.07, 6.45) is -4.31. The van der Waals surface area contributed by atoms with Gasteiger partial charge in [-0.05, 0) is 25.5 Å². The zero-order chi connectivity index (χ0) is 17.7. The number of halogens is 3. The third-order valence-corrected chi connectivity index (χ3v) is 5.11. The molecule has 1 aromatic rings. The number of sulfonamides is 1. The molecule has 0 aliphatic carbocycles. The maximum Gasteiger partial charge on any atom is 0.417 e. The van der Waals surface area contributed by atoms with Crippen molar-refractivity contribution in [3.63, 3.8) is 0 Å². The molecule has 1 N–H and O–H groups in total. The summed E-state index contributed by atoms with van der Waals surface area (Å²) in [7, 11) is -1.89. The molecule has 130 valence electrons. The Bertz CT molecular complexity index is 645. The van der Waals surface area contributed by atoms with Gasteiger partial charge in [0.2, 0.25) is 10.0 Å². The summed E-state index contributed by atoms with van der Waals surface area (Å²) < 4.78 is 62.6. The number of carbonyl (C=O) groups is 1. The molecule has 0 saturated heterocycles. The van der Waals surface area contributed by atoms with Crippen molar-refractivity contribution < 1.29 is 26.4 Å². The summed E-state index contributed by atoms with van der Waals surface area (Å²) in [4.78, 5) is 11.9. The average Bonchev–Trinajstić information content (AvgIpc) is 2.50. The molecule has 1 amide bonds. The van der Waals surface area contributed by atoms with E-state index in [1.165, 1.54) is 26.1 Å². The first-order valence-corrected chi connectivity index (χ1v) is 8.59. The Kier molecular flexibility index (Phi) is 6.57. The fourth-order valence-corrected chi connectivity index (χ4v) is 2.73. The van der Waals surface area contributed by atoms with Crippen molar-refractivity contribution in [2.45, 2.75) is 19.5 Å². The van der Waals surface area contributed by atoms with E-state index in [0.29, 0.717) is 6.42 Å². The van der Waals surface area contributed by atoms with Crippen molar-refractivity contribution in [3.05, 3.63) is 35.4 Å². The van der Waals surface area contributed by atoms with Crippen LogP contribution in [0.4, 0.5) is 13.2 Å². The molecule has 0 bridgehead atoms. The zero-order valence-electron chi connectivity index (χ0n) is 12.9. The van der Waals surface area contributed by atoms with Gasteiger partial charge in [0.1, 0.15) is 0 Å². The molecule has 0 saturated carbocycles. The smallest absolute Gasteiger partial charge is 0.352 e. The first-order chi connectivity index (χ1) is 10.6. The van der Waals surface area contributed by atoms with Crippen molar-refractivity contribution in [3.8, 4) is 0 Å². The quantitative estimate of drug-likeness (QED) is 0.765. The summed E-state index contributed by atoms with van der Waals surface area (Å²) in [5.74, 6) is -0.867. The van der Waals surface area contributed by atoms with Gasteiger partial charge in [-0.25, -0.2) is 12.7 Å². The number of hydrogen-bond donors (Lipinski definition) is 1. The molecule has 9 heteroatoms. The van der Waals surface area contributed by atoms with E-state index in [2.05, 4.69) is 5.32 Å². The van der Waals surface area contributed by atoms with Crippen LogP contribution < -0.4 is 5.32 Å². The Balaban J connectivity index is 2.60. The van der Waals surface area contributed by atoms with E-state index in [1.54, 1.807) is 0 Å². The SMILES string of the molecule is CCS(=O)(=O)N(C)CCCNC(=O)c1ccccc1C(F)(F)F. The first kappa shape index (κ1) is 19.4. The largest absolute Gasteiger partial charge is 0.417 e. The normalized spacial score (nSPS) is 12.4. The molecule has 5 nitrogen and oxygen atoms in total. The highest BCUT2D eigenvalue weighted by molar-refractivity contribution is 7.89. The molecule has 0 atom stereocenters. The molecule has 0 aliphatic rings. The number of rotatable bonds is 7. The second kappa shape index (κ2) is 7.78. The highest BCUT2D eigenvalue weighted by Gasteiger charge is 2.34. The van der Waals surface area contributed by atoms with E-state index in [4.69, 9.17) is 0 Å². The van der Waals surface area contributed by atoms with Crippen LogP contribution in [-0.2, 0) is 16.2 Å². The van der Waals surface area contributed by atoms with Gasteiger partial charge in [-0.3, -0.25) is 4.79 Å². The molecule has 0 fully saturated rings. The maximum atomic E-state index is 12.8. The molecule has 1 aromatic carbocycles. The Morgan fingerprint density at radius 3 is 2.43 bits per heavy atom. The van der Waals surface area contributed by atoms with Crippen molar-refractivity contribution in [2.24, 2.45) is 0 Å². The summed E-state index contributed by atoms with van der Waals surface area (Å²) in [6.45, 7) is 1.77. The van der Waals surface area contributed by atoms with Gasteiger partial charge < -0.3 is 5.32 Å². The third kappa shape index (κ3) is 5.51. The van der Waals surface area contributed by atoms with E-state index in [-0.39, 0.29) is 18.8 Å². The maximum absolute atomic E-state index is 12.8. The molecule has 1 rings (SSSR count). The Hall–Kier alpha value is -1.61. The molecule has 0 aliphatic heterocycles. The van der Waals surface area contributed by atoms with Gasteiger partial charge in [0.05, 0.1) is 16.9 Å². The highest BCUT2D eigenvalue weighted by atomic mass is 32.2. The number of benzene rings is 1.